The Kier molecular flexibility index (Phi) is 14.1. The summed E-state index contributed by atoms with van der Waals surface area (Å²) in [4.78, 5) is 0. The zero-order valence-electron chi connectivity index (χ0n) is 99.0. The molecular formula is C135H88O3Si. The summed E-state index contributed by atoms with van der Waals surface area (Å²) in [5, 5.41) is 19.3. The van der Waals surface area contributed by atoms with Crippen molar-refractivity contribution in [1.29, 1.82) is 0 Å². The van der Waals surface area contributed by atoms with E-state index in [1.165, 1.54) is 10.6 Å². The highest BCUT2D eigenvalue weighted by Crippen LogP contribution is 2.55. The van der Waals surface area contributed by atoms with Crippen LogP contribution >= 0.6 is 0 Å². The van der Waals surface area contributed by atoms with Crippen molar-refractivity contribution in [1.82, 2.24) is 0 Å². The molecule has 26 aromatic carbocycles. The molecule has 0 saturated carbocycles. The average molecular weight is 1810 g/mol. The van der Waals surface area contributed by atoms with Crippen LogP contribution in [-0.2, 0) is 0 Å². The number of rotatable bonds is 9. The Morgan fingerprint density at radius 3 is 0.806 bits per heavy atom. The monoisotopic (exact) mass is 1810 g/mol. The van der Waals surface area contributed by atoms with Crippen LogP contribution < -0.4 is 5.19 Å². The minimum Gasteiger partial charge on any atom is -0.456 e. The quantitative estimate of drug-likeness (QED) is 0.0821. The molecular weight excluding hydrogens is 1700 g/mol. The van der Waals surface area contributed by atoms with Crippen molar-refractivity contribution < 1.29 is 46.1 Å². The van der Waals surface area contributed by atoms with Gasteiger partial charge in [0.05, 0.1) is 41.0 Å². The van der Waals surface area contributed by atoms with Gasteiger partial charge in [-0.15, -0.1) is 0 Å². The summed E-state index contributed by atoms with van der Waals surface area (Å²) in [6.45, 7) is 7.01. The summed E-state index contributed by atoms with van der Waals surface area (Å²) in [5.74, 6) is 0. The van der Waals surface area contributed by atoms with Gasteiger partial charge >= 0.3 is 0 Å². The van der Waals surface area contributed by atoms with E-state index in [0.29, 0.717) is 111 Å². The molecule has 0 saturated heterocycles. The third kappa shape index (κ3) is 13.0. The van der Waals surface area contributed by atoms with Crippen LogP contribution in [0.15, 0.2) is 492 Å². The van der Waals surface area contributed by atoms with Crippen LogP contribution in [0.25, 0.3) is 284 Å². The summed E-state index contributed by atoms with van der Waals surface area (Å²) in [6.07, 6.45) is 0. The molecule has 29 aromatic rings. The van der Waals surface area contributed by atoms with Gasteiger partial charge < -0.3 is 13.3 Å². The number of para-hydroxylation sites is 3. The van der Waals surface area contributed by atoms with Gasteiger partial charge in [-0.1, -0.05) is 461 Å². The maximum atomic E-state index is 9.60. The van der Waals surface area contributed by atoms with Gasteiger partial charge in [0, 0.05) is 43.4 Å². The van der Waals surface area contributed by atoms with E-state index < -0.39 is 80.6 Å². The van der Waals surface area contributed by atoms with Crippen molar-refractivity contribution >= 4 is 208 Å². The fraction of sp³-hybridized carbons (Fsp3) is 0.0222. The Labute approximate surface area is 837 Å². The molecule has 139 heavy (non-hydrogen) atoms. The van der Waals surface area contributed by atoms with Gasteiger partial charge in [0.1, 0.15) is 33.5 Å². The van der Waals surface area contributed by atoms with E-state index in [2.05, 4.69) is 80.3 Å². The lowest BCUT2D eigenvalue weighted by atomic mass is 9.83. The molecule has 29 rings (SSSR count). The number of benzene rings is 26. The third-order valence-corrected chi connectivity index (χ3v) is 29.7. The number of furan rings is 3. The molecule has 3 aromatic heterocycles. The Balaban J connectivity index is 0.000000119. The second kappa shape index (κ2) is 32.6. The summed E-state index contributed by atoms with van der Waals surface area (Å²) in [6, 6.07) is 98.6. The second-order valence-corrected chi connectivity index (χ2v) is 41.2. The molecule has 0 aliphatic heterocycles. The molecule has 0 N–H and O–H groups in total. The molecule has 650 valence electrons. The zero-order chi connectivity index (χ0) is 113. The van der Waals surface area contributed by atoms with Crippen LogP contribution in [0, 0.1) is 0 Å². The first kappa shape index (κ1) is 59.9. The van der Waals surface area contributed by atoms with Crippen LogP contribution in [0.2, 0.25) is 19.6 Å². The summed E-state index contributed by atoms with van der Waals surface area (Å²) >= 11 is 0. The normalized spacial score (nSPS) is 14.4. The number of hydrogen-bond acceptors (Lipinski definition) is 3. The maximum absolute atomic E-state index is 9.60. The van der Waals surface area contributed by atoms with Crippen molar-refractivity contribution in [3.8, 4) is 89.0 Å². The van der Waals surface area contributed by atoms with E-state index >= 15 is 0 Å². The van der Waals surface area contributed by atoms with Gasteiger partial charge in [0.15, 0.2) is 0 Å². The zero-order valence-corrected chi connectivity index (χ0v) is 76.0. The van der Waals surface area contributed by atoms with E-state index in [-0.39, 0.29) is 143 Å². The van der Waals surface area contributed by atoms with Crippen LogP contribution in [0.5, 0.6) is 0 Å². The molecule has 0 fully saturated rings. The lowest BCUT2D eigenvalue weighted by Gasteiger charge is -2.21. The highest BCUT2D eigenvalue weighted by atomic mass is 28.3. The number of hydrogen-bond donors (Lipinski definition) is 0. The van der Waals surface area contributed by atoms with Crippen LogP contribution in [0.1, 0.15) is 32.9 Å². The molecule has 4 heteroatoms. The molecule has 0 aliphatic carbocycles. The van der Waals surface area contributed by atoms with E-state index in [1.807, 2.05) is 267 Å². The molecule has 0 unspecified atom stereocenters. The van der Waals surface area contributed by atoms with E-state index in [9.17, 15) is 16.4 Å². The summed E-state index contributed by atoms with van der Waals surface area (Å²) in [7, 11) is -1.74. The second-order valence-electron chi connectivity index (χ2n) is 36.2. The molecule has 3 nitrogen and oxygen atoms in total. The Morgan fingerprint density at radius 1 is 0.165 bits per heavy atom. The van der Waals surface area contributed by atoms with Crippen LogP contribution in [0.3, 0.4) is 0 Å². The smallest absolute Gasteiger partial charge is 0.143 e. The van der Waals surface area contributed by atoms with Crippen molar-refractivity contribution in [3.05, 3.63) is 479 Å². The average Bonchev–Trinajstić information content (AvgIpc) is 1.56. The standard InChI is InChI=1S/C50H30O.C49H36OSi.C36H22O/c1-3-17-33-31(14-1)16-13-26-37(33)47-38-21-7-9-23-40(38)48(41-24-10-8-22-39(41)47)44-29-28-42(50-49(44)43-25-11-12-27-46(43)51-50)45-30-32-15-2-4-18-34(32)35-19-5-6-20-36(35)45;1-51(2,3)45-30-29-34(33-18-6-7-19-35(33)45)41-27-28-43(48-42-24-12-13-26-44(42)50-49(41)48)47-39-22-10-8-20-37(39)46(38-21-9-11-23-40(38)47)36-25-14-16-31-15-4-5-17-32(31)36;1-2-13-24-23(11-1)12-9-19-25(24)34-26-14-3-5-16-28(26)35(29-17-6-4-15-27(29)34)31-20-10-22-33-36(31)30-18-7-8-21-32(30)37-33/h1-30H;4-30H,1-3H3;1-22H/i7D,8D,9D,10D,21D,22D,23D,24D;8D,9D,10D,11D,20D,21D,22D,23D;3D,4D,5D,6D,14D,15D,16D,17D. The van der Waals surface area contributed by atoms with Crippen molar-refractivity contribution in [3.63, 3.8) is 0 Å². The maximum Gasteiger partial charge on any atom is 0.143 e. The molecule has 0 amide bonds. The lowest BCUT2D eigenvalue weighted by Crippen LogP contribution is -2.38. The Bertz CT molecular complexity index is 11500. The van der Waals surface area contributed by atoms with Gasteiger partial charge in [-0.3, -0.25) is 0 Å². The molecule has 0 atom stereocenters. The first-order valence-corrected chi connectivity index (χ1v) is 49.7. The topological polar surface area (TPSA) is 39.4 Å². The van der Waals surface area contributed by atoms with Crippen molar-refractivity contribution in [2.45, 2.75) is 19.6 Å². The van der Waals surface area contributed by atoms with Gasteiger partial charge in [0.25, 0.3) is 0 Å². The lowest BCUT2D eigenvalue weighted by molar-refractivity contribution is 0.669. The molecule has 0 aliphatic rings. The molecule has 0 radical (unpaired) electrons. The van der Waals surface area contributed by atoms with E-state index in [0.717, 1.165) is 97.7 Å². The predicted molar refractivity (Wildman–Crippen MR) is 598 cm³/mol. The van der Waals surface area contributed by atoms with Crippen LogP contribution in [-0.4, -0.2) is 8.07 Å². The van der Waals surface area contributed by atoms with Crippen molar-refractivity contribution in [2.24, 2.45) is 0 Å². The third-order valence-electron chi connectivity index (χ3n) is 27.6. The Hall–Kier alpha value is -17.5. The minimum absolute atomic E-state index is 0.159. The highest BCUT2D eigenvalue weighted by molar-refractivity contribution is 6.90. The first-order chi connectivity index (χ1) is 78.6. The summed E-state index contributed by atoms with van der Waals surface area (Å²) < 4.78 is 240. The van der Waals surface area contributed by atoms with E-state index in [4.69, 9.17) is 29.7 Å². The van der Waals surface area contributed by atoms with Gasteiger partial charge in [-0.2, -0.15) is 0 Å². The number of fused-ring (bicyclic) bond motifs is 22. The first-order valence-electron chi connectivity index (χ1n) is 58.2. The molecule has 0 spiro atoms. The highest BCUT2D eigenvalue weighted by Gasteiger charge is 2.30. The van der Waals surface area contributed by atoms with E-state index in [1.54, 1.807) is 6.07 Å². The van der Waals surface area contributed by atoms with Gasteiger partial charge in [-0.05, 0) is 250 Å². The summed E-state index contributed by atoms with van der Waals surface area (Å²) in [5.41, 5.74) is 12.3. The van der Waals surface area contributed by atoms with Crippen LogP contribution in [0.4, 0.5) is 0 Å². The van der Waals surface area contributed by atoms with Gasteiger partial charge in [0.2, 0.25) is 0 Å². The molecule has 3 heterocycles. The molecule has 0 bridgehead atoms. The Morgan fingerprint density at radius 2 is 0.417 bits per heavy atom. The van der Waals surface area contributed by atoms with Gasteiger partial charge in [-0.25, -0.2) is 0 Å². The fourth-order valence-corrected chi connectivity index (χ4v) is 23.4. The SMILES string of the molecule is [2H]c1c([2H])c([2H])c2c(-c3ccc(-c4cc5ccccc5c5ccccc45)c4oc5ccccc5c34)c3c([2H])c([2H])c([2H])c([2H])c3c(-c3cccc4ccccc34)c2c1[2H].[2H]c1c([2H])c([2H])c2c(-c3ccc(-c4ccc([Si](C)(C)C)c5ccccc45)c4oc5ccccc5c34)c3c([2H])c([2H])c([2H])c([2H])c3c(-c3cccc4ccccc34)c2c1[2H].[2H]c1c([2H])c([2H])c2c(-c3cccc4oc5ccccc5c34)c3c([2H])c([2H])c([2H])c([2H])c3c(-c3cccc4ccccc34)c2c1[2H]. The fourth-order valence-electron chi connectivity index (χ4n) is 21.8. The minimum atomic E-state index is -1.74. The van der Waals surface area contributed by atoms with Crippen molar-refractivity contribution in [2.75, 3.05) is 0 Å². The largest absolute Gasteiger partial charge is 0.456 e. The predicted octanol–water partition coefficient (Wildman–Crippen LogP) is 38.5.